The van der Waals surface area contributed by atoms with E-state index in [0.29, 0.717) is 43.6 Å². The summed E-state index contributed by atoms with van der Waals surface area (Å²) in [5.74, 6) is 1.13. The maximum absolute atomic E-state index is 12.4. The van der Waals surface area contributed by atoms with Gasteiger partial charge in [-0.15, -0.1) is 0 Å². The second-order valence-corrected chi connectivity index (χ2v) is 6.83. The first-order valence-corrected chi connectivity index (χ1v) is 9.76. The van der Waals surface area contributed by atoms with Crippen LogP contribution in [0.4, 0.5) is 0 Å². The highest BCUT2D eigenvalue weighted by atomic mass is 79.9. The number of ether oxygens (including phenoxy) is 2. The topological polar surface area (TPSA) is 83.2 Å². The minimum absolute atomic E-state index is 0.243. The number of carbonyl (C=O) groups excluding carboxylic acids is 1. The van der Waals surface area contributed by atoms with Crippen molar-refractivity contribution >= 4 is 21.8 Å². The second kappa shape index (κ2) is 9.41. The van der Waals surface area contributed by atoms with Gasteiger partial charge in [0.1, 0.15) is 12.4 Å². The normalized spacial score (nSPS) is 10.7. The molecule has 0 saturated carbocycles. The summed E-state index contributed by atoms with van der Waals surface area (Å²) in [5, 5.41) is 11.3. The maximum atomic E-state index is 12.4. The Morgan fingerprint density at radius 1 is 1.14 bits per heavy atom. The van der Waals surface area contributed by atoms with Gasteiger partial charge in [-0.2, -0.15) is 10.2 Å². The van der Waals surface area contributed by atoms with Crippen molar-refractivity contribution < 1.29 is 14.3 Å². The molecular weight excluding hydrogens is 426 g/mol. The van der Waals surface area contributed by atoms with E-state index in [0.717, 1.165) is 10.0 Å². The molecule has 148 valence electrons. The van der Waals surface area contributed by atoms with Gasteiger partial charge in [0.25, 0.3) is 5.91 Å². The summed E-state index contributed by atoms with van der Waals surface area (Å²) in [4.78, 5) is 12.4. The third-order valence-corrected chi connectivity index (χ3v) is 4.24. The fraction of sp³-hybridized carbons (Fsp3) is 0.316. The van der Waals surface area contributed by atoms with Gasteiger partial charge in [0.2, 0.25) is 0 Å². The molecule has 0 saturated heterocycles. The fourth-order valence-corrected chi connectivity index (χ4v) is 2.93. The number of aromatic nitrogens is 4. The van der Waals surface area contributed by atoms with Crippen LogP contribution in [0.25, 0.3) is 0 Å². The van der Waals surface area contributed by atoms with Gasteiger partial charge >= 0.3 is 0 Å². The molecule has 0 aliphatic carbocycles. The van der Waals surface area contributed by atoms with Crippen molar-refractivity contribution in [1.29, 1.82) is 0 Å². The van der Waals surface area contributed by atoms with E-state index in [1.807, 2.05) is 38.2 Å². The molecule has 1 amide bonds. The highest BCUT2D eigenvalue weighted by molar-refractivity contribution is 9.10. The lowest BCUT2D eigenvalue weighted by Crippen LogP contribution is -2.23. The largest absolute Gasteiger partial charge is 0.490 e. The molecule has 9 heteroatoms. The Kier molecular flexibility index (Phi) is 6.70. The van der Waals surface area contributed by atoms with E-state index < -0.39 is 0 Å². The molecule has 1 aromatic carbocycles. The lowest BCUT2D eigenvalue weighted by Gasteiger charge is -2.12. The van der Waals surface area contributed by atoms with Crippen molar-refractivity contribution in [3.8, 4) is 11.5 Å². The number of nitrogens with one attached hydrogen (secondary N) is 1. The standard InChI is InChI=1S/C19H22BrN5O3/c1-3-27-17-6-5-14(9-18(17)28-4-2)10-21-19(26)16-7-8-24(23-16)13-25-12-15(20)11-22-25/h5-9,11-12H,3-4,10,13H2,1-2H3,(H,21,26). The van der Waals surface area contributed by atoms with E-state index in [4.69, 9.17) is 9.47 Å². The monoisotopic (exact) mass is 447 g/mol. The van der Waals surface area contributed by atoms with E-state index in [1.165, 1.54) is 0 Å². The van der Waals surface area contributed by atoms with E-state index in [2.05, 4.69) is 31.4 Å². The summed E-state index contributed by atoms with van der Waals surface area (Å²) >= 11 is 3.35. The van der Waals surface area contributed by atoms with Crippen molar-refractivity contribution in [2.24, 2.45) is 0 Å². The predicted molar refractivity (Wildman–Crippen MR) is 108 cm³/mol. The Morgan fingerprint density at radius 3 is 2.64 bits per heavy atom. The molecule has 2 aromatic heterocycles. The average molecular weight is 448 g/mol. The quantitative estimate of drug-likeness (QED) is 0.544. The number of hydrogen-bond acceptors (Lipinski definition) is 5. The summed E-state index contributed by atoms with van der Waals surface area (Å²) in [6.45, 7) is 5.74. The molecule has 2 heterocycles. The highest BCUT2D eigenvalue weighted by Gasteiger charge is 2.11. The van der Waals surface area contributed by atoms with Gasteiger partial charge < -0.3 is 14.8 Å². The highest BCUT2D eigenvalue weighted by Crippen LogP contribution is 2.28. The van der Waals surface area contributed by atoms with Gasteiger partial charge in [-0.3, -0.25) is 9.48 Å². The first-order chi connectivity index (χ1) is 13.6. The predicted octanol–water partition coefficient (Wildman–Crippen LogP) is 3.08. The van der Waals surface area contributed by atoms with Crippen molar-refractivity contribution in [3.05, 3.63) is 58.6 Å². The van der Waals surface area contributed by atoms with Crippen LogP contribution in [-0.2, 0) is 13.2 Å². The van der Waals surface area contributed by atoms with Crippen LogP contribution in [0.15, 0.2) is 47.3 Å². The zero-order valence-corrected chi connectivity index (χ0v) is 17.3. The van der Waals surface area contributed by atoms with E-state index >= 15 is 0 Å². The SMILES string of the molecule is CCOc1ccc(CNC(=O)c2ccn(Cn3cc(Br)cn3)n2)cc1OCC. The van der Waals surface area contributed by atoms with Crippen molar-refractivity contribution in [2.75, 3.05) is 13.2 Å². The van der Waals surface area contributed by atoms with Crippen LogP contribution in [-0.4, -0.2) is 38.7 Å². The van der Waals surface area contributed by atoms with Gasteiger partial charge in [0.05, 0.1) is 23.9 Å². The molecule has 3 rings (SSSR count). The number of halogens is 1. The van der Waals surface area contributed by atoms with Crippen molar-refractivity contribution in [2.45, 2.75) is 27.1 Å². The van der Waals surface area contributed by atoms with Gasteiger partial charge in [0.15, 0.2) is 11.5 Å². The van der Waals surface area contributed by atoms with Gasteiger partial charge in [-0.1, -0.05) is 6.07 Å². The summed E-state index contributed by atoms with van der Waals surface area (Å²) in [6.07, 6.45) is 5.28. The molecule has 0 aliphatic rings. The van der Waals surface area contributed by atoms with E-state index in [9.17, 15) is 4.79 Å². The molecule has 0 unspecified atom stereocenters. The Balaban J connectivity index is 1.60. The third kappa shape index (κ3) is 5.13. The van der Waals surface area contributed by atoms with Crippen LogP contribution < -0.4 is 14.8 Å². The second-order valence-electron chi connectivity index (χ2n) is 5.91. The molecule has 1 N–H and O–H groups in total. The van der Waals surface area contributed by atoms with E-state index in [-0.39, 0.29) is 5.91 Å². The molecule has 0 fully saturated rings. The molecule has 8 nitrogen and oxygen atoms in total. The van der Waals surface area contributed by atoms with Crippen LogP contribution in [0.2, 0.25) is 0 Å². The molecule has 0 bridgehead atoms. The molecule has 0 spiro atoms. The summed E-state index contributed by atoms with van der Waals surface area (Å²) in [5.41, 5.74) is 1.27. The Hall–Kier alpha value is -2.81. The Bertz CT molecular complexity index is 937. The molecule has 0 atom stereocenters. The van der Waals surface area contributed by atoms with E-state index in [1.54, 1.807) is 27.8 Å². The third-order valence-electron chi connectivity index (χ3n) is 3.83. The van der Waals surface area contributed by atoms with Gasteiger partial charge in [-0.05, 0) is 53.5 Å². The van der Waals surface area contributed by atoms with Crippen LogP contribution >= 0.6 is 15.9 Å². The number of nitrogens with zero attached hydrogens (tertiary/aromatic N) is 4. The zero-order chi connectivity index (χ0) is 19.9. The number of hydrogen-bond donors (Lipinski definition) is 1. The smallest absolute Gasteiger partial charge is 0.272 e. The van der Waals surface area contributed by atoms with Crippen LogP contribution in [0.5, 0.6) is 11.5 Å². The molecule has 28 heavy (non-hydrogen) atoms. The Labute approximate surface area is 171 Å². The van der Waals surface area contributed by atoms with Crippen LogP contribution in [0.1, 0.15) is 29.9 Å². The van der Waals surface area contributed by atoms with Crippen LogP contribution in [0, 0.1) is 0 Å². The molecule has 0 aliphatic heterocycles. The van der Waals surface area contributed by atoms with Gasteiger partial charge in [0, 0.05) is 18.9 Å². The zero-order valence-electron chi connectivity index (χ0n) is 15.8. The van der Waals surface area contributed by atoms with Crippen LogP contribution in [0.3, 0.4) is 0 Å². The molecule has 3 aromatic rings. The lowest BCUT2D eigenvalue weighted by molar-refractivity contribution is 0.0945. The average Bonchev–Trinajstić information content (AvgIpc) is 3.31. The number of carbonyl (C=O) groups is 1. The number of amides is 1. The van der Waals surface area contributed by atoms with Crippen molar-refractivity contribution in [1.82, 2.24) is 24.9 Å². The minimum atomic E-state index is -0.243. The Morgan fingerprint density at radius 2 is 1.93 bits per heavy atom. The molecular formula is C19H22BrN5O3. The molecule has 0 radical (unpaired) electrons. The maximum Gasteiger partial charge on any atom is 0.272 e. The summed E-state index contributed by atoms with van der Waals surface area (Å²) in [6, 6.07) is 7.32. The first kappa shape index (κ1) is 19.9. The fourth-order valence-electron chi connectivity index (χ4n) is 2.60. The van der Waals surface area contributed by atoms with Gasteiger partial charge in [-0.25, -0.2) is 4.68 Å². The lowest BCUT2D eigenvalue weighted by atomic mass is 10.2. The summed E-state index contributed by atoms with van der Waals surface area (Å²) < 4.78 is 15.4. The first-order valence-electron chi connectivity index (χ1n) is 8.97. The minimum Gasteiger partial charge on any atom is -0.490 e. The number of benzene rings is 1. The number of rotatable bonds is 9. The van der Waals surface area contributed by atoms with Crippen molar-refractivity contribution in [3.63, 3.8) is 0 Å². The summed E-state index contributed by atoms with van der Waals surface area (Å²) in [7, 11) is 0.